The number of methoxy groups -OCH3 is 1. The number of fused-ring (bicyclic) bond motifs is 1. The first-order chi connectivity index (χ1) is 16.4. The molecule has 0 aliphatic carbocycles. The van der Waals surface area contributed by atoms with Crippen molar-refractivity contribution in [2.45, 2.75) is 5.92 Å². The zero-order chi connectivity index (χ0) is 24.2. The number of halogens is 2. The Morgan fingerprint density at radius 3 is 2.65 bits per heavy atom. The highest BCUT2D eigenvalue weighted by Gasteiger charge is 2.34. The molecule has 0 aromatic heterocycles. The van der Waals surface area contributed by atoms with Crippen molar-refractivity contribution in [1.29, 1.82) is 5.26 Å². The number of esters is 1. The number of para-hydroxylation sites is 2. The van der Waals surface area contributed by atoms with E-state index in [0.717, 1.165) is 0 Å². The van der Waals surface area contributed by atoms with E-state index in [1.54, 1.807) is 30.3 Å². The maximum atomic E-state index is 14.7. The maximum absolute atomic E-state index is 14.7. The molecule has 2 N–H and O–H groups in total. The number of rotatable bonds is 6. The molecule has 1 heterocycles. The molecule has 3 aromatic carbocycles. The molecule has 34 heavy (non-hydrogen) atoms. The van der Waals surface area contributed by atoms with Gasteiger partial charge in [0.15, 0.2) is 18.1 Å². The van der Waals surface area contributed by atoms with Crippen LogP contribution in [-0.4, -0.2) is 19.7 Å². The van der Waals surface area contributed by atoms with E-state index in [9.17, 15) is 14.4 Å². The Morgan fingerprint density at radius 1 is 1.18 bits per heavy atom. The lowest BCUT2D eigenvalue weighted by atomic mass is 9.83. The van der Waals surface area contributed by atoms with Crippen LogP contribution in [0, 0.1) is 17.1 Å². The lowest BCUT2D eigenvalue weighted by Crippen LogP contribution is -2.22. The minimum absolute atomic E-state index is 0.0226. The van der Waals surface area contributed by atoms with E-state index >= 15 is 0 Å². The summed E-state index contributed by atoms with van der Waals surface area (Å²) in [6.45, 7) is -0.369. The van der Waals surface area contributed by atoms with Gasteiger partial charge in [0, 0.05) is 22.2 Å². The number of benzene rings is 3. The highest BCUT2D eigenvalue weighted by molar-refractivity contribution is 6.31. The molecule has 0 amide bonds. The van der Waals surface area contributed by atoms with Crippen molar-refractivity contribution in [3.63, 3.8) is 0 Å². The molecule has 3 aromatic rings. The molecule has 0 fully saturated rings. The van der Waals surface area contributed by atoms with Crippen LogP contribution in [0.2, 0.25) is 5.02 Å². The summed E-state index contributed by atoms with van der Waals surface area (Å²) in [5, 5.41) is 9.78. The highest BCUT2D eigenvalue weighted by atomic mass is 35.5. The number of hydrogen-bond acceptors (Lipinski definition) is 7. The normalized spacial score (nSPS) is 14.5. The van der Waals surface area contributed by atoms with Gasteiger partial charge in [0.05, 0.1) is 13.0 Å². The summed E-state index contributed by atoms with van der Waals surface area (Å²) in [7, 11) is 1.49. The first kappa shape index (κ1) is 23.0. The van der Waals surface area contributed by atoms with E-state index in [1.165, 1.54) is 37.4 Å². The van der Waals surface area contributed by atoms with Gasteiger partial charge in [-0.1, -0.05) is 35.9 Å². The summed E-state index contributed by atoms with van der Waals surface area (Å²) < 4.78 is 36.3. The number of nitriles is 1. The molecule has 0 bridgehead atoms. The third-order valence-corrected chi connectivity index (χ3v) is 5.45. The van der Waals surface area contributed by atoms with E-state index in [-0.39, 0.29) is 40.1 Å². The summed E-state index contributed by atoms with van der Waals surface area (Å²) in [5.41, 5.74) is 6.52. The van der Waals surface area contributed by atoms with E-state index in [0.29, 0.717) is 17.1 Å². The Morgan fingerprint density at radius 2 is 1.94 bits per heavy atom. The highest BCUT2D eigenvalue weighted by Crippen LogP contribution is 2.46. The van der Waals surface area contributed by atoms with Crippen molar-refractivity contribution in [1.82, 2.24) is 0 Å². The molecular weight excluding hydrogens is 463 g/mol. The van der Waals surface area contributed by atoms with Gasteiger partial charge >= 0.3 is 5.97 Å². The van der Waals surface area contributed by atoms with Crippen molar-refractivity contribution < 1.29 is 28.1 Å². The molecule has 0 saturated heterocycles. The van der Waals surface area contributed by atoms with E-state index in [1.807, 2.05) is 6.07 Å². The summed E-state index contributed by atoms with van der Waals surface area (Å²) in [4.78, 5) is 12.3. The van der Waals surface area contributed by atoms with Gasteiger partial charge in [-0.15, -0.1) is 0 Å². The second-order valence-corrected chi connectivity index (χ2v) is 7.58. The summed E-state index contributed by atoms with van der Waals surface area (Å²) in [6, 6.07) is 17.6. The van der Waals surface area contributed by atoms with Crippen LogP contribution in [-0.2, 0) is 4.79 Å². The van der Waals surface area contributed by atoms with Crippen LogP contribution in [0.5, 0.6) is 23.0 Å². The van der Waals surface area contributed by atoms with Gasteiger partial charge in [0.2, 0.25) is 5.88 Å². The van der Waals surface area contributed by atoms with Gasteiger partial charge < -0.3 is 24.7 Å². The van der Waals surface area contributed by atoms with Crippen LogP contribution in [0.1, 0.15) is 17.0 Å². The van der Waals surface area contributed by atoms with Crippen molar-refractivity contribution in [2.24, 2.45) is 5.73 Å². The van der Waals surface area contributed by atoms with Gasteiger partial charge in [0.25, 0.3) is 0 Å². The molecule has 1 aliphatic heterocycles. The lowest BCUT2D eigenvalue weighted by molar-refractivity contribution is -0.136. The fraction of sp³-hybridized carbons (Fsp3) is 0.120. The Hall–Kier alpha value is -4.22. The molecule has 0 radical (unpaired) electrons. The molecule has 7 nitrogen and oxygen atoms in total. The lowest BCUT2D eigenvalue weighted by Gasteiger charge is -2.27. The monoisotopic (exact) mass is 480 g/mol. The van der Waals surface area contributed by atoms with Crippen LogP contribution >= 0.6 is 11.6 Å². The number of carbonyl (C=O) groups is 1. The number of allylic oxidation sites excluding steroid dienone is 1. The zero-order valence-corrected chi connectivity index (χ0v) is 18.6. The van der Waals surface area contributed by atoms with Gasteiger partial charge in [-0.05, 0) is 30.3 Å². The SMILES string of the molecule is COc1ccccc1OCC(=O)Oc1ccc2c(c1)OC(N)=C(C#N)C2c1c(F)cccc1Cl. The first-order valence-corrected chi connectivity index (χ1v) is 10.4. The molecule has 0 saturated carbocycles. The number of ether oxygens (including phenoxy) is 4. The van der Waals surface area contributed by atoms with Crippen molar-refractivity contribution in [2.75, 3.05) is 13.7 Å². The van der Waals surface area contributed by atoms with E-state index < -0.39 is 17.7 Å². The van der Waals surface area contributed by atoms with E-state index in [4.69, 9.17) is 36.3 Å². The first-order valence-electron chi connectivity index (χ1n) is 10.0. The Labute approximate surface area is 199 Å². The quantitative estimate of drug-likeness (QED) is 0.403. The summed E-state index contributed by atoms with van der Waals surface area (Å²) >= 11 is 6.26. The topological polar surface area (TPSA) is 104 Å². The minimum atomic E-state index is -0.888. The molecule has 1 atom stereocenters. The third-order valence-electron chi connectivity index (χ3n) is 5.13. The van der Waals surface area contributed by atoms with Crippen molar-refractivity contribution >= 4 is 17.6 Å². The van der Waals surface area contributed by atoms with Crippen LogP contribution < -0.4 is 24.7 Å². The third kappa shape index (κ3) is 4.47. The summed E-state index contributed by atoms with van der Waals surface area (Å²) in [5.74, 6) is -1.11. The summed E-state index contributed by atoms with van der Waals surface area (Å²) in [6.07, 6.45) is 0. The average molecular weight is 481 g/mol. The molecule has 9 heteroatoms. The van der Waals surface area contributed by atoms with E-state index in [2.05, 4.69) is 0 Å². The van der Waals surface area contributed by atoms with Gasteiger partial charge in [-0.25, -0.2) is 9.18 Å². The molecule has 172 valence electrons. The van der Waals surface area contributed by atoms with Crippen LogP contribution in [0.25, 0.3) is 0 Å². The Kier molecular flexibility index (Phi) is 6.57. The number of carbonyl (C=O) groups excluding carboxylic acids is 1. The van der Waals surface area contributed by atoms with Crippen molar-refractivity contribution in [3.8, 4) is 29.1 Å². The second kappa shape index (κ2) is 9.73. The Balaban J connectivity index is 1.58. The maximum Gasteiger partial charge on any atom is 0.349 e. The fourth-order valence-corrected chi connectivity index (χ4v) is 3.89. The molecular formula is C25H18ClFN2O5. The smallest absolute Gasteiger partial charge is 0.349 e. The number of hydrogen-bond donors (Lipinski definition) is 1. The minimum Gasteiger partial charge on any atom is -0.493 e. The predicted octanol–water partition coefficient (Wildman–Crippen LogP) is 4.69. The van der Waals surface area contributed by atoms with Crippen molar-refractivity contribution in [3.05, 3.63) is 94.1 Å². The van der Waals surface area contributed by atoms with Crippen LogP contribution in [0.4, 0.5) is 4.39 Å². The van der Waals surface area contributed by atoms with Gasteiger partial charge in [-0.3, -0.25) is 0 Å². The van der Waals surface area contributed by atoms with Gasteiger partial charge in [0.1, 0.15) is 29.0 Å². The van der Waals surface area contributed by atoms with Crippen LogP contribution in [0.3, 0.4) is 0 Å². The Bertz CT molecular complexity index is 1310. The largest absolute Gasteiger partial charge is 0.493 e. The average Bonchev–Trinajstić information content (AvgIpc) is 2.82. The molecule has 1 unspecified atom stereocenters. The predicted molar refractivity (Wildman–Crippen MR) is 121 cm³/mol. The number of nitrogens with two attached hydrogens (primary N) is 1. The second-order valence-electron chi connectivity index (χ2n) is 7.17. The molecule has 1 aliphatic rings. The fourth-order valence-electron chi connectivity index (χ4n) is 3.62. The molecule has 4 rings (SSSR count). The standard InChI is InChI=1S/C25H18ClFN2O5/c1-31-19-7-2-3-8-20(19)32-13-22(30)33-14-9-10-15-21(11-14)34-25(29)16(12-28)23(15)24-17(26)5-4-6-18(24)27/h2-11,23H,13,29H2,1H3. The van der Waals surface area contributed by atoms with Gasteiger partial charge in [-0.2, -0.15) is 5.26 Å². The van der Waals surface area contributed by atoms with Crippen LogP contribution in [0.15, 0.2) is 72.1 Å². The number of nitrogens with zero attached hydrogens (tertiary/aromatic N) is 1. The molecule has 0 spiro atoms. The zero-order valence-electron chi connectivity index (χ0n) is 17.9.